The lowest BCUT2D eigenvalue weighted by atomic mass is 10.2. The Morgan fingerprint density at radius 2 is 2.43 bits per heavy atom. The first-order chi connectivity index (χ1) is 10.2. The van der Waals surface area contributed by atoms with Crippen LogP contribution in [-0.2, 0) is 16.1 Å². The normalized spacial score (nSPS) is 12.3. The van der Waals surface area contributed by atoms with Crippen molar-refractivity contribution in [3.63, 3.8) is 0 Å². The first-order valence-electron chi connectivity index (χ1n) is 6.78. The number of nitrogens with zero attached hydrogens (tertiary/aromatic N) is 1. The molecule has 6 nitrogen and oxygen atoms in total. The van der Waals surface area contributed by atoms with Crippen LogP contribution in [0.3, 0.4) is 0 Å². The quantitative estimate of drug-likeness (QED) is 0.644. The molecule has 21 heavy (non-hydrogen) atoms. The molecule has 0 spiro atoms. The summed E-state index contributed by atoms with van der Waals surface area (Å²) >= 11 is 1.66. The van der Waals surface area contributed by atoms with E-state index in [2.05, 4.69) is 20.8 Å². The zero-order valence-corrected chi connectivity index (χ0v) is 13.0. The molecule has 2 aromatic rings. The maximum Gasteiger partial charge on any atom is 0.236 e. The highest BCUT2D eigenvalue weighted by Gasteiger charge is 2.14. The van der Waals surface area contributed by atoms with E-state index in [1.165, 1.54) is 0 Å². The number of nitrogens with one attached hydrogen (secondary N) is 3. The number of carbonyl (C=O) groups is 1. The molecule has 1 atom stereocenters. The molecule has 0 fully saturated rings. The van der Waals surface area contributed by atoms with E-state index in [0.717, 1.165) is 16.1 Å². The number of carbonyl (C=O) groups excluding carboxylic acids is 1. The molecular formula is C14H20N4O2S. The molecule has 0 saturated carbocycles. The van der Waals surface area contributed by atoms with Crippen LogP contribution in [-0.4, -0.2) is 42.4 Å². The summed E-state index contributed by atoms with van der Waals surface area (Å²) in [4.78, 5) is 13.0. The summed E-state index contributed by atoms with van der Waals surface area (Å²) in [6, 6.07) is 3.78. The fraction of sp³-hybridized carbons (Fsp3) is 0.429. The van der Waals surface area contributed by atoms with Crippen LogP contribution in [0.5, 0.6) is 0 Å². The molecule has 0 aliphatic heterocycles. The van der Waals surface area contributed by atoms with Crippen molar-refractivity contribution in [3.8, 4) is 10.6 Å². The SMILES string of the molecule is COCCNC(=O)C(C)NCc1cn[nH]c1-c1cccs1. The molecule has 3 N–H and O–H groups in total. The molecule has 7 heteroatoms. The fourth-order valence-corrected chi connectivity index (χ4v) is 2.62. The summed E-state index contributed by atoms with van der Waals surface area (Å²) in [5.41, 5.74) is 2.05. The second-order valence-electron chi connectivity index (χ2n) is 4.63. The van der Waals surface area contributed by atoms with Crippen molar-refractivity contribution in [2.75, 3.05) is 20.3 Å². The molecular weight excluding hydrogens is 288 g/mol. The van der Waals surface area contributed by atoms with Crippen LogP contribution in [0.15, 0.2) is 23.7 Å². The van der Waals surface area contributed by atoms with E-state index in [1.807, 2.05) is 24.4 Å². The van der Waals surface area contributed by atoms with Crippen molar-refractivity contribution in [1.29, 1.82) is 0 Å². The monoisotopic (exact) mass is 308 g/mol. The average Bonchev–Trinajstić information content (AvgIpc) is 3.15. The minimum Gasteiger partial charge on any atom is -0.383 e. The minimum atomic E-state index is -0.270. The van der Waals surface area contributed by atoms with E-state index in [9.17, 15) is 4.79 Å². The molecule has 0 saturated heterocycles. The number of hydrogen-bond acceptors (Lipinski definition) is 5. The van der Waals surface area contributed by atoms with Gasteiger partial charge in [0.2, 0.25) is 5.91 Å². The first kappa shape index (κ1) is 15.7. The molecule has 0 aliphatic rings. The maximum absolute atomic E-state index is 11.8. The van der Waals surface area contributed by atoms with Crippen molar-refractivity contribution in [3.05, 3.63) is 29.3 Å². The van der Waals surface area contributed by atoms with E-state index in [0.29, 0.717) is 19.7 Å². The Morgan fingerprint density at radius 3 is 3.14 bits per heavy atom. The van der Waals surface area contributed by atoms with Crippen molar-refractivity contribution in [2.45, 2.75) is 19.5 Å². The van der Waals surface area contributed by atoms with Gasteiger partial charge in [0.15, 0.2) is 0 Å². The average molecular weight is 308 g/mol. The van der Waals surface area contributed by atoms with Crippen LogP contribution in [0.1, 0.15) is 12.5 Å². The van der Waals surface area contributed by atoms with Gasteiger partial charge in [-0.1, -0.05) is 6.07 Å². The number of amides is 1. The van der Waals surface area contributed by atoms with Crippen LogP contribution in [0.4, 0.5) is 0 Å². The Bertz CT molecular complexity index is 553. The smallest absolute Gasteiger partial charge is 0.236 e. The zero-order chi connectivity index (χ0) is 15.1. The van der Waals surface area contributed by atoms with E-state index < -0.39 is 0 Å². The molecule has 114 valence electrons. The van der Waals surface area contributed by atoms with Gasteiger partial charge in [-0.05, 0) is 18.4 Å². The number of hydrogen-bond donors (Lipinski definition) is 3. The second kappa shape index (κ2) is 7.92. The Kier molecular flexibility index (Phi) is 5.91. The predicted octanol–water partition coefficient (Wildman–Crippen LogP) is 1.38. The standard InChI is InChI=1S/C14H20N4O2S/c1-10(14(19)15-5-6-20-2)16-8-11-9-17-18-13(11)12-4-3-7-21-12/h3-4,7,9-10,16H,5-6,8H2,1-2H3,(H,15,19)(H,17,18). The van der Waals surface area contributed by atoms with Gasteiger partial charge in [-0.3, -0.25) is 9.89 Å². The van der Waals surface area contributed by atoms with Gasteiger partial charge in [0.05, 0.1) is 29.4 Å². The van der Waals surface area contributed by atoms with Gasteiger partial charge in [-0.25, -0.2) is 0 Å². The van der Waals surface area contributed by atoms with Crippen molar-refractivity contribution in [1.82, 2.24) is 20.8 Å². The molecule has 1 unspecified atom stereocenters. The highest BCUT2D eigenvalue weighted by Crippen LogP contribution is 2.25. The van der Waals surface area contributed by atoms with Crippen LogP contribution in [0.2, 0.25) is 0 Å². The highest BCUT2D eigenvalue weighted by atomic mass is 32.1. The lowest BCUT2D eigenvalue weighted by Gasteiger charge is -2.13. The summed E-state index contributed by atoms with van der Waals surface area (Å²) in [5.74, 6) is -0.0341. The van der Waals surface area contributed by atoms with E-state index in [1.54, 1.807) is 24.6 Å². The van der Waals surface area contributed by atoms with Crippen LogP contribution >= 0.6 is 11.3 Å². The lowest BCUT2D eigenvalue weighted by molar-refractivity contribution is -0.122. The predicted molar refractivity (Wildman–Crippen MR) is 83.1 cm³/mol. The Balaban J connectivity index is 1.86. The van der Waals surface area contributed by atoms with E-state index in [4.69, 9.17) is 4.74 Å². The van der Waals surface area contributed by atoms with Gasteiger partial charge in [0.25, 0.3) is 0 Å². The summed E-state index contributed by atoms with van der Waals surface area (Å²) in [6.07, 6.45) is 1.79. The molecule has 0 aliphatic carbocycles. The molecule has 0 radical (unpaired) electrons. The summed E-state index contributed by atoms with van der Waals surface area (Å²) in [6.45, 7) is 3.46. The van der Waals surface area contributed by atoms with Crippen LogP contribution in [0, 0.1) is 0 Å². The number of thiophene rings is 1. The molecule has 2 rings (SSSR count). The van der Waals surface area contributed by atoms with Crippen molar-refractivity contribution in [2.24, 2.45) is 0 Å². The topological polar surface area (TPSA) is 79.0 Å². The van der Waals surface area contributed by atoms with Gasteiger partial charge in [-0.2, -0.15) is 5.10 Å². The number of H-pyrrole nitrogens is 1. The van der Waals surface area contributed by atoms with Gasteiger partial charge in [0.1, 0.15) is 0 Å². The third kappa shape index (κ3) is 4.38. The maximum atomic E-state index is 11.8. The van der Waals surface area contributed by atoms with Crippen LogP contribution in [0.25, 0.3) is 10.6 Å². The Labute approximate surface area is 127 Å². The van der Waals surface area contributed by atoms with Gasteiger partial charge in [0, 0.05) is 25.8 Å². The van der Waals surface area contributed by atoms with Gasteiger partial charge < -0.3 is 15.4 Å². The van der Waals surface area contributed by atoms with Crippen molar-refractivity contribution < 1.29 is 9.53 Å². The Hall–Kier alpha value is -1.70. The molecule has 2 heterocycles. The third-order valence-electron chi connectivity index (χ3n) is 3.08. The Morgan fingerprint density at radius 1 is 1.57 bits per heavy atom. The largest absolute Gasteiger partial charge is 0.383 e. The van der Waals surface area contributed by atoms with E-state index in [-0.39, 0.29) is 11.9 Å². The molecule has 0 bridgehead atoms. The van der Waals surface area contributed by atoms with Crippen molar-refractivity contribution >= 4 is 17.2 Å². The summed E-state index contributed by atoms with van der Waals surface area (Å²) in [5, 5.41) is 15.1. The second-order valence-corrected chi connectivity index (χ2v) is 5.58. The molecule has 2 aromatic heterocycles. The highest BCUT2D eigenvalue weighted by molar-refractivity contribution is 7.13. The number of aromatic nitrogens is 2. The first-order valence-corrected chi connectivity index (χ1v) is 7.66. The molecule has 0 aromatic carbocycles. The van der Waals surface area contributed by atoms with Crippen LogP contribution < -0.4 is 10.6 Å². The van der Waals surface area contributed by atoms with Gasteiger partial charge in [-0.15, -0.1) is 11.3 Å². The lowest BCUT2D eigenvalue weighted by Crippen LogP contribution is -2.42. The third-order valence-corrected chi connectivity index (χ3v) is 3.97. The number of rotatable bonds is 8. The number of methoxy groups -OCH3 is 1. The van der Waals surface area contributed by atoms with E-state index >= 15 is 0 Å². The minimum absolute atomic E-state index is 0.0341. The summed E-state index contributed by atoms with van der Waals surface area (Å²) in [7, 11) is 1.61. The number of ether oxygens (including phenoxy) is 1. The number of aromatic amines is 1. The molecule has 1 amide bonds. The summed E-state index contributed by atoms with van der Waals surface area (Å²) < 4.78 is 4.90. The van der Waals surface area contributed by atoms with Gasteiger partial charge >= 0.3 is 0 Å². The fourth-order valence-electron chi connectivity index (χ4n) is 1.86. The zero-order valence-electron chi connectivity index (χ0n) is 12.2.